The number of hydrogen-bond donors (Lipinski definition) is 2. The van der Waals surface area contributed by atoms with Crippen LogP contribution in [0.2, 0.25) is 0 Å². The van der Waals surface area contributed by atoms with Gasteiger partial charge in [-0.15, -0.1) is 11.3 Å². The molecule has 5 aromatic carbocycles. The molecule has 0 aliphatic heterocycles. The van der Waals surface area contributed by atoms with E-state index in [1.165, 1.54) is 20.2 Å². The number of benzene rings is 5. The molecule has 4 N–H and O–H groups in total. The topological polar surface area (TPSA) is 70.1 Å². The maximum atomic E-state index is 6.93. The number of nitrogens with zero attached hydrogens (tertiary/aromatic N) is 1. The zero-order valence-corrected chi connectivity index (χ0v) is 21.2. The Hall–Kier alpha value is -4.58. The molecule has 0 saturated carbocycles. The first-order chi connectivity index (χ1) is 18.7. The van der Waals surface area contributed by atoms with Gasteiger partial charge in [-0.25, -0.2) is 0 Å². The molecule has 0 radical (unpaired) electrons. The number of furan rings is 1. The third-order valence-electron chi connectivity index (χ3n) is 7.58. The van der Waals surface area contributed by atoms with E-state index >= 15 is 0 Å². The van der Waals surface area contributed by atoms with E-state index in [0.717, 1.165) is 49.3 Å². The molecule has 8 aromatic rings. The van der Waals surface area contributed by atoms with Crippen LogP contribution in [0.1, 0.15) is 11.7 Å². The molecule has 3 aromatic heterocycles. The van der Waals surface area contributed by atoms with Crippen molar-refractivity contribution < 1.29 is 4.42 Å². The van der Waals surface area contributed by atoms with Crippen LogP contribution in [0, 0.1) is 0 Å². The molecule has 4 nitrogen and oxygen atoms in total. The van der Waals surface area contributed by atoms with E-state index in [-0.39, 0.29) is 0 Å². The summed E-state index contributed by atoms with van der Waals surface area (Å²) in [5.74, 6) is 0. The molecule has 0 aliphatic rings. The van der Waals surface area contributed by atoms with E-state index in [9.17, 15) is 0 Å². The fourth-order valence-corrected chi connectivity index (χ4v) is 7.15. The lowest BCUT2D eigenvalue weighted by atomic mass is 10.1. The molecule has 1 atom stereocenters. The molecule has 38 heavy (non-hydrogen) atoms. The van der Waals surface area contributed by atoms with Crippen LogP contribution < -0.4 is 11.5 Å². The third-order valence-corrected chi connectivity index (χ3v) is 8.80. The zero-order valence-electron chi connectivity index (χ0n) is 20.4. The molecule has 0 saturated heterocycles. The summed E-state index contributed by atoms with van der Waals surface area (Å²) in [6.45, 7) is 0. The molecular formula is C33H23N3OS. The van der Waals surface area contributed by atoms with Crippen LogP contribution in [-0.2, 0) is 0 Å². The number of para-hydroxylation sites is 2. The van der Waals surface area contributed by atoms with E-state index in [1.807, 2.05) is 30.3 Å². The molecular weight excluding hydrogens is 486 g/mol. The second-order valence-corrected chi connectivity index (χ2v) is 10.8. The van der Waals surface area contributed by atoms with Crippen LogP contribution in [0.5, 0.6) is 0 Å². The van der Waals surface area contributed by atoms with Crippen LogP contribution in [0.15, 0.2) is 114 Å². The Balaban J connectivity index is 1.35. The minimum Gasteiger partial charge on any atom is -0.455 e. The molecule has 0 aliphatic carbocycles. The van der Waals surface area contributed by atoms with Gasteiger partial charge in [0.2, 0.25) is 0 Å². The van der Waals surface area contributed by atoms with Crippen molar-refractivity contribution in [3.8, 4) is 0 Å². The Morgan fingerprint density at radius 1 is 0.711 bits per heavy atom. The van der Waals surface area contributed by atoms with Gasteiger partial charge in [0.15, 0.2) is 0 Å². The van der Waals surface area contributed by atoms with E-state index in [2.05, 4.69) is 83.4 Å². The standard InChI is InChI=1S/C33H23N3OS/c34-25(23-12-7-11-22-20-9-3-6-15-29(20)38-33(22)23)18-30(35)36-26-13-4-1-10-24(26)31-27(36)17-16-21-19-8-2-5-14-28(19)37-32(21)31/h1-18,30H,34-35H2/b25-18-. The van der Waals surface area contributed by atoms with Gasteiger partial charge in [0.1, 0.15) is 17.3 Å². The third kappa shape index (κ3) is 2.94. The van der Waals surface area contributed by atoms with Crippen LogP contribution >= 0.6 is 11.3 Å². The largest absolute Gasteiger partial charge is 0.455 e. The van der Waals surface area contributed by atoms with Gasteiger partial charge < -0.3 is 20.5 Å². The number of hydrogen-bond acceptors (Lipinski definition) is 4. The molecule has 8 rings (SSSR count). The van der Waals surface area contributed by atoms with Gasteiger partial charge in [-0.1, -0.05) is 72.8 Å². The smallest absolute Gasteiger partial charge is 0.145 e. The van der Waals surface area contributed by atoms with Crippen molar-refractivity contribution in [3.05, 3.63) is 115 Å². The predicted molar refractivity (Wildman–Crippen MR) is 161 cm³/mol. The van der Waals surface area contributed by atoms with E-state index in [0.29, 0.717) is 5.70 Å². The lowest BCUT2D eigenvalue weighted by molar-refractivity contribution is 0.669. The summed E-state index contributed by atoms with van der Waals surface area (Å²) in [6.07, 6.45) is 1.50. The van der Waals surface area contributed by atoms with Crippen LogP contribution in [0.4, 0.5) is 0 Å². The second kappa shape index (κ2) is 7.96. The van der Waals surface area contributed by atoms with E-state index in [1.54, 1.807) is 11.3 Å². The lowest BCUT2D eigenvalue weighted by Crippen LogP contribution is -2.17. The fraction of sp³-hybridized carbons (Fsp3) is 0.0303. The van der Waals surface area contributed by atoms with Crippen molar-refractivity contribution in [1.29, 1.82) is 0 Å². The van der Waals surface area contributed by atoms with Gasteiger partial charge in [-0.3, -0.25) is 0 Å². The summed E-state index contributed by atoms with van der Waals surface area (Å²) in [4.78, 5) is 0. The normalized spacial score (nSPS) is 13.6. The van der Waals surface area contributed by atoms with Crippen molar-refractivity contribution in [1.82, 2.24) is 4.57 Å². The van der Waals surface area contributed by atoms with Crippen molar-refractivity contribution in [3.63, 3.8) is 0 Å². The molecule has 182 valence electrons. The maximum absolute atomic E-state index is 6.93. The quantitative estimate of drug-likeness (QED) is 0.251. The molecule has 0 bridgehead atoms. The fourth-order valence-electron chi connectivity index (χ4n) is 5.91. The van der Waals surface area contributed by atoms with Gasteiger partial charge in [0.25, 0.3) is 0 Å². The average Bonchev–Trinajstić information content (AvgIpc) is 3.62. The van der Waals surface area contributed by atoms with Crippen LogP contribution in [0.25, 0.3) is 69.6 Å². The Labute approximate surface area is 222 Å². The highest BCUT2D eigenvalue weighted by molar-refractivity contribution is 7.26. The first-order valence-electron chi connectivity index (χ1n) is 12.7. The van der Waals surface area contributed by atoms with Gasteiger partial charge in [-0.05, 0) is 36.4 Å². The van der Waals surface area contributed by atoms with E-state index < -0.39 is 6.17 Å². The van der Waals surface area contributed by atoms with Crippen molar-refractivity contribution >= 4 is 81.0 Å². The second-order valence-electron chi connectivity index (χ2n) is 9.71. The van der Waals surface area contributed by atoms with Crippen LogP contribution in [0.3, 0.4) is 0 Å². The first kappa shape index (κ1) is 21.5. The lowest BCUT2D eigenvalue weighted by Gasteiger charge is -2.15. The van der Waals surface area contributed by atoms with Crippen molar-refractivity contribution in [2.75, 3.05) is 0 Å². The number of nitrogens with two attached hydrogens (primary N) is 2. The minimum atomic E-state index is -0.469. The molecule has 0 spiro atoms. The zero-order chi connectivity index (χ0) is 25.4. The Morgan fingerprint density at radius 3 is 2.34 bits per heavy atom. The van der Waals surface area contributed by atoms with Crippen LogP contribution in [-0.4, -0.2) is 4.57 Å². The summed E-state index contributed by atoms with van der Waals surface area (Å²) in [5, 5.41) is 6.88. The summed E-state index contributed by atoms with van der Waals surface area (Å²) >= 11 is 1.77. The Morgan fingerprint density at radius 2 is 1.45 bits per heavy atom. The Kier molecular flexibility index (Phi) is 4.50. The molecule has 0 amide bonds. The highest BCUT2D eigenvalue weighted by Gasteiger charge is 2.20. The summed E-state index contributed by atoms with van der Waals surface area (Å²) in [5.41, 5.74) is 19.2. The van der Waals surface area contributed by atoms with E-state index in [4.69, 9.17) is 15.9 Å². The average molecular weight is 510 g/mol. The summed E-state index contributed by atoms with van der Waals surface area (Å²) < 4.78 is 11.0. The predicted octanol–water partition coefficient (Wildman–Crippen LogP) is 8.52. The minimum absolute atomic E-state index is 0.469. The molecule has 0 fully saturated rings. The summed E-state index contributed by atoms with van der Waals surface area (Å²) in [6, 6.07) is 35.6. The summed E-state index contributed by atoms with van der Waals surface area (Å²) in [7, 11) is 0. The van der Waals surface area contributed by atoms with Gasteiger partial charge >= 0.3 is 0 Å². The monoisotopic (exact) mass is 509 g/mol. The van der Waals surface area contributed by atoms with Gasteiger partial charge in [0, 0.05) is 47.6 Å². The highest BCUT2D eigenvalue weighted by atomic mass is 32.1. The molecule has 3 heterocycles. The van der Waals surface area contributed by atoms with Crippen molar-refractivity contribution in [2.24, 2.45) is 11.5 Å². The van der Waals surface area contributed by atoms with Gasteiger partial charge in [-0.2, -0.15) is 0 Å². The number of fused-ring (bicyclic) bond motifs is 10. The molecule has 1 unspecified atom stereocenters. The number of thiophene rings is 1. The Bertz CT molecular complexity index is 2230. The highest BCUT2D eigenvalue weighted by Crippen LogP contribution is 2.41. The number of rotatable bonds is 3. The van der Waals surface area contributed by atoms with Crippen molar-refractivity contribution in [2.45, 2.75) is 6.17 Å². The number of aromatic nitrogens is 1. The van der Waals surface area contributed by atoms with Gasteiger partial charge in [0.05, 0.1) is 16.4 Å². The SMILES string of the molecule is N/C(=C\C(N)n1c2ccccc2c2c3oc4ccccc4c3ccc21)c1cccc2c1sc1ccccc12. The first-order valence-corrected chi connectivity index (χ1v) is 13.5. The maximum Gasteiger partial charge on any atom is 0.145 e. The molecule has 5 heteroatoms.